The predicted octanol–water partition coefficient (Wildman–Crippen LogP) is 1.12. The van der Waals surface area contributed by atoms with E-state index in [0.717, 1.165) is 36.6 Å². The van der Waals surface area contributed by atoms with Crippen LogP contribution in [-0.2, 0) is 16.0 Å². The molecule has 1 fully saturated rings. The monoisotopic (exact) mass is 266 g/mol. The number of rotatable bonds is 5. The van der Waals surface area contributed by atoms with Gasteiger partial charge in [-0.15, -0.1) is 0 Å². The van der Waals surface area contributed by atoms with Gasteiger partial charge in [-0.2, -0.15) is 0 Å². The fourth-order valence-electron chi connectivity index (χ4n) is 2.55. The second-order valence-electron chi connectivity index (χ2n) is 4.86. The molecule has 5 nitrogen and oxygen atoms in total. The summed E-state index contributed by atoms with van der Waals surface area (Å²) in [4.78, 5) is 2.30. The number of nitrogens with two attached hydrogens (primary N) is 1. The van der Waals surface area contributed by atoms with Crippen molar-refractivity contribution in [2.45, 2.75) is 18.8 Å². The van der Waals surface area contributed by atoms with Crippen LogP contribution < -0.4 is 10.5 Å². The largest absolute Gasteiger partial charge is 0.497 e. The number of methoxy groups -OCH3 is 3. The quantitative estimate of drug-likeness (QED) is 0.809. The normalized spacial score (nSPS) is 23.7. The van der Waals surface area contributed by atoms with Gasteiger partial charge in [-0.3, -0.25) is 4.90 Å². The van der Waals surface area contributed by atoms with Crippen molar-refractivity contribution < 1.29 is 14.2 Å². The molecular weight excluding hydrogens is 244 g/mol. The summed E-state index contributed by atoms with van der Waals surface area (Å²) in [6, 6.07) is 5.81. The van der Waals surface area contributed by atoms with E-state index in [9.17, 15) is 0 Å². The number of ether oxygens (including phenoxy) is 3. The Hall–Kier alpha value is -1.30. The summed E-state index contributed by atoms with van der Waals surface area (Å²) in [5.74, 6) is 0.792. The summed E-state index contributed by atoms with van der Waals surface area (Å²) in [7, 11) is 5.10. The molecule has 2 N–H and O–H groups in total. The Morgan fingerprint density at radius 1 is 1.11 bits per heavy atom. The zero-order valence-corrected chi connectivity index (χ0v) is 11.8. The Morgan fingerprint density at radius 3 is 2.26 bits per heavy atom. The number of anilines is 1. The second kappa shape index (κ2) is 6.23. The second-order valence-corrected chi connectivity index (χ2v) is 4.86. The van der Waals surface area contributed by atoms with E-state index >= 15 is 0 Å². The summed E-state index contributed by atoms with van der Waals surface area (Å²) in [6.45, 7) is 2.55. The van der Waals surface area contributed by atoms with E-state index in [2.05, 4.69) is 4.90 Å². The van der Waals surface area contributed by atoms with Gasteiger partial charge in [0.2, 0.25) is 0 Å². The van der Waals surface area contributed by atoms with E-state index in [1.54, 1.807) is 21.3 Å². The van der Waals surface area contributed by atoms with Crippen LogP contribution >= 0.6 is 0 Å². The third-order valence-electron chi connectivity index (χ3n) is 3.53. The topological polar surface area (TPSA) is 57.0 Å². The summed E-state index contributed by atoms with van der Waals surface area (Å²) in [5, 5.41) is 0. The molecule has 0 radical (unpaired) electrons. The molecule has 1 saturated heterocycles. The minimum Gasteiger partial charge on any atom is -0.497 e. The van der Waals surface area contributed by atoms with Gasteiger partial charge in [0.15, 0.2) is 0 Å². The summed E-state index contributed by atoms with van der Waals surface area (Å²) >= 11 is 0. The van der Waals surface area contributed by atoms with E-state index in [-0.39, 0.29) is 12.2 Å². The standard InChI is InChI=1S/C14H22N2O3/c1-17-12-5-10(4-11(15)6-12)7-16-8-13(18-2)14(9-16)19-3/h4-6,13-14H,7-9,15H2,1-3H3. The lowest BCUT2D eigenvalue weighted by atomic mass is 10.2. The zero-order valence-electron chi connectivity index (χ0n) is 11.8. The maximum atomic E-state index is 5.87. The molecule has 0 bridgehead atoms. The third-order valence-corrected chi connectivity index (χ3v) is 3.53. The van der Waals surface area contributed by atoms with Gasteiger partial charge in [0.25, 0.3) is 0 Å². The number of nitrogen functional groups attached to an aromatic ring is 1. The number of likely N-dealkylation sites (tertiary alicyclic amines) is 1. The number of hydrogen-bond donors (Lipinski definition) is 1. The molecule has 1 aliphatic heterocycles. The van der Waals surface area contributed by atoms with E-state index in [1.807, 2.05) is 18.2 Å². The smallest absolute Gasteiger partial charge is 0.121 e. The first-order valence-electron chi connectivity index (χ1n) is 6.37. The summed E-state index contributed by atoms with van der Waals surface area (Å²) < 4.78 is 16.1. The van der Waals surface area contributed by atoms with Gasteiger partial charge in [0.1, 0.15) is 5.75 Å². The van der Waals surface area contributed by atoms with Crippen molar-refractivity contribution in [1.82, 2.24) is 4.90 Å². The van der Waals surface area contributed by atoms with E-state index in [0.29, 0.717) is 0 Å². The fourth-order valence-corrected chi connectivity index (χ4v) is 2.55. The summed E-state index contributed by atoms with van der Waals surface area (Å²) in [6.07, 6.45) is 0.265. The molecule has 0 spiro atoms. The van der Waals surface area contributed by atoms with Gasteiger partial charge in [-0.05, 0) is 17.7 Å². The average Bonchev–Trinajstić information content (AvgIpc) is 2.80. The molecule has 1 aromatic rings. The highest BCUT2D eigenvalue weighted by Gasteiger charge is 2.32. The van der Waals surface area contributed by atoms with Crippen LogP contribution in [0.3, 0.4) is 0 Å². The molecule has 0 aliphatic carbocycles. The Morgan fingerprint density at radius 2 is 1.74 bits per heavy atom. The molecule has 106 valence electrons. The van der Waals surface area contributed by atoms with Crippen LogP contribution in [0.15, 0.2) is 18.2 Å². The van der Waals surface area contributed by atoms with Crippen LogP contribution in [0.25, 0.3) is 0 Å². The van der Waals surface area contributed by atoms with Gasteiger partial charge in [0.05, 0.1) is 19.3 Å². The Balaban J connectivity index is 2.04. The first-order chi connectivity index (χ1) is 9.16. The third kappa shape index (κ3) is 3.37. The molecule has 0 saturated carbocycles. The van der Waals surface area contributed by atoms with Gasteiger partial charge in [0, 0.05) is 45.6 Å². The molecule has 1 aromatic carbocycles. The molecule has 0 aromatic heterocycles. The first kappa shape index (κ1) is 14.1. The minimum atomic E-state index is 0.132. The zero-order chi connectivity index (χ0) is 13.8. The molecule has 2 unspecified atom stereocenters. The number of benzene rings is 1. The Bertz CT molecular complexity index is 413. The lowest BCUT2D eigenvalue weighted by molar-refractivity contribution is -0.00461. The molecule has 1 aliphatic rings. The maximum Gasteiger partial charge on any atom is 0.121 e. The highest BCUT2D eigenvalue weighted by atomic mass is 16.5. The maximum absolute atomic E-state index is 5.87. The lowest BCUT2D eigenvalue weighted by Gasteiger charge is -2.16. The highest BCUT2D eigenvalue weighted by Crippen LogP contribution is 2.22. The SMILES string of the molecule is COc1cc(N)cc(CN2CC(OC)C(OC)C2)c1. The van der Waals surface area contributed by atoms with Crippen molar-refractivity contribution in [3.63, 3.8) is 0 Å². The number of hydrogen-bond acceptors (Lipinski definition) is 5. The number of nitrogens with zero attached hydrogens (tertiary/aromatic N) is 1. The van der Waals surface area contributed by atoms with Crippen LogP contribution in [0.5, 0.6) is 5.75 Å². The first-order valence-corrected chi connectivity index (χ1v) is 6.37. The van der Waals surface area contributed by atoms with E-state index in [1.165, 1.54) is 0 Å². The molecular formula is C14H22N2O3. The van der Waals surface area contributed by atoms with Crippen LogP contribution in [0.1, 0.15) is 5.56 Å². The molecule has 2 atom stereocenters. The van der Waals surface area contributed by atoms with Crippen molar-refractivity contribution in [3.8, 4) is 5.75 Å². The highest BCUT2D eigenvalue weighted by molar-refractivity contribution is 5.47. The average molecular weight is 266 g/mol. The van der Waals surface area contributed by atoms with Gasteiger partial charge >= 0.3 is 0 Å². The van der Waals surface area contributed by atoms with Crippen LogP contribution in [0.2, 0.25) is 0 Å². The molecule has 5 heteroatoms. The Kier molecular flexibility index (Phi) is 4.63. The van der Waals surface area contributed by atoms with Gasteiger partial charge < -0.3 is 19.9 Å². The molecule has 1 heterocycles. The van der Waals surface area contributed by atoms with Crippen molar-refractivity contribution in [2.24, 2.45) is 0 Å². The molecule has 0 amide bonds. The van der Waals surface area contributed by atoms with Crippen molar-refractivity contribution in [3.05, 3.63) is 23.8 Å². The fraction of sp³-hybridized carbons (Fsp3) is 0.571. The van der Waals surface area contributed by atoms with Crippen molar-refractivity contribution in [1.29, 1.82) is 0 Å². The van der Waals surface area contributed by atoms with Crippen LogP contribution in [0, 0.1) is 0 Å². The minimum absolute atomic E-state index is 0.132. The van der Waals surface area contributed by atoms with Gasteiger partial charge in [-0.25, -0.2) is 0 Å². The summed E-state index contributed by atoms with van der Waals surface area (Å²) in [5.41, 5.74) is 7.73. The lowest BCUT2D eigenvalue weighted by Crippen LogP contribution is -2.27. The predicted molar refractivity (Wildman–Crippen MR) is 74.3 cm³/mol. The van der Waals surface area contributed by atoms with E-state index < -0.39 is 0 Å². The van der Waals surface area contributed by atoms with Gasteiger partial charge in [-0.1, -0.05) is 0 Å². The van der Waals surface area contributed by atoms with Crippen molar-refractivity contribution >= 4 is 5.69 Å². The molecule has 2 rings (SSSR count). The van der Waals surface area contributed by atoms with E-state index in [4.69, 9.17) is 19.9 Å². The Labute approximate surface area is 114 Å². The van der Waals surface area contributed by atoms with Crippen LogP contribution in [-0.4, -0.2) is 51.5 Å². The molecule has 19 heavy (non-hydrogen) atoms. The van der Waals surface area contributed by atoms with Crippen LogP contribution in [0.4, 0.5) is 5.69 Å². The van der Waals surface area contributed by atoms with Crippen molar-refractivity contribution in [2.75, 3.05) is 40.2 Å².